The van der Waals surface area contributed by atoms with Crippen LogP contribution in [-0.2, 0) is 32.6 Å². The Balaban J connectivity index is 1.84. The number of nitrogens with zero attached hydrogens (tertiary/aromatic N) is 2. The van der Waals surface area contributed by atoms with E-state index < -0.39 is 16.1 Å². The number of carbonyl (C=O) groups is 2. The van der Waals surface area contributed by atoms with Gasteiger partial charge in [0.1, 0.15) is 6.04 Å². The fourth-order valence-electron chi connectivity index (χ4n) is 4.29. The lowest BCUT2D eigenvalue weighted by Crippen LogP contribution is -2.52. The lowest BCUT2D eigenvalue weighted by atomic mass is 10.0. The summed E-state index contributed by atoms with van der Waals surface area (Å²) in [5.74, 6) is -0.479. The van der Waals surface area contributed by atoms with Gasteiger partial charge >= 0.3 is 0 Å². The molecular formula is C31H38ClN3O4S. The molecule has 0 saturated carbocycles. The van der Waals surface area contributed by atoms with Crippen molar-refractivity contribution in [2.75, 3.05) is 13.6 Å². The predicted molar refractivity (Wildman–Crippen MR) is 159 cm³/mol. The highest BCUT2D eigenvalue weighted by Crippen LogP contribution is 2.22. The van der Waals surface area contributed by atoms with E-state index in [4.69, 9.17) is 11.6 Å². The van der Waals surface area contributed by atoms with Gasteiger partial charge in [-0.3, -0.25) is 9.59 Å². The number of carbonyl (C=O) groups excluding carboxylic acids is 2. The molecule has 0 heterocycles. The molecule has 0 aliphatic rings. The van der Waals surface area contributed by atoms with Crippen LogP contribution >= 0.6 is 11.6 Å². The molecule has 0 aliphatic carbocycles. The zero-order valence-corrected chi connectivity index (χ0v) is 24.9. The zero-order valence-electron chi connectivity index (χ0n) is 23.3. The van der Waals surface area contributed by atoms with Crippen LogP contribution < -0.4 is 5.32 Å². The highest BCUT2D eigenvalue weighted by molar-refractivity contribution is 7.89. The average molecular weight is 584 g/mol. The Morgan fingerprint density at radius 1 is 0.925 bits per heavy atom. The van der Waals surface area contributed by atoms with Gasteiger partial charge in [-0.15, -0.1) is 0 Å². The number of nitrogens with one attached hydrogen (secondary N) is 1. The third-order valence-corrected chi connectivity index (χ3v) is 9.13. The second kappa shape index (κ2) is 15.0. The standard InChI is InChI=1S/C31H38ClN3O4S/c1-4-24(2)33-31(37)29(22-25-14-7-5-8-15-25)35(23-26-16-11-12-19-28(26)32)30(36)20-13-21-34(3)40(38,39)27-17-9-6-10-18-27/h5-12,14-19,24,29H,4,13,20-23H2,1-3H3,(H,33,37)/t24-,29-/m0/s1. The van der Waals surface area contributed by atoms with Gasteiger partial charge in [0.2, 0.25) is 21.8 Å². The second-order valence-corrected chi connectivity index (χ2v) is 12.3. The number of sulfonamides is 1. The van der Waals surface area contributed by atoms with Crippen molar-refractivity contribution in [3.63, 3.8) is 0 Å². The fraction of sp³-hybridized carbons (Fsp3) is 0.355. The summed E-state index contributed by atoms with van der Waals surface area (Å²) in [6.45, 7) is 4.23. The summed E-state index contributed by atoms with van der Waals surface area (Å²) in [6.07, 6.45) is 1.46. The lowest BCUT2D eigenvalue weighted by molar-refractivity contribution is -0.141. The number of amides is 2. The van der Waals surface area contributed by atoms with Crippen LogP contribution in [0.15, 0.2) is 89.8 Å². The van der Waals surface area contributed by atoms with Gasteiger partial charge in [0.05, 0.1) is 4.90 Å². The van der Waals surface area contributed by atoms with Crippen molar-refractivity contribution >= 4 is 33.4 Å². The Kier molecular flexibility index (Phi) is 11.7. The van der Waals surface area contributed by atoms with Gasteiger partial charge in [0.25, 0.3) is 0 Å². The first-order valence-corrected chi connectivity index (χ1v) is 15.3. The van der Waals surface area contributed by atoms with E-state index in [1.54, 1.807) is 41.3 Å². The van der Waals surface area contributed by atoms with Crippen molar-refractivity contribution in [3.8, 4) is 0 Å². The molecule has 0 spiro atoms. The number of halogens is 1. The molecule has 3 aromatic carbocycles. The molecule has 0 saturated heterocycles. The number of hydrogen-bond donors (Lipinski definition) is 1. The maximum absolute atomic E-state index is 13.8. The lowest BCUT2D eigenvalue weighted by Gasteiger charge is -2.32. The second-order valence-electron chi connectivity index (χ2n) is 9.88. The Labute approximate surface area is 243 Å². The first-order valence-electron chi connectivity index (χ1n) is 13.5. The molecule has 3 rings (SSSR count). The van der Waals surface area contributed by atoms with Crippen molar-refractivity contribution in [1.82, 2.24) is 14.5 Å². The van der Waals surface area contributed by atoms with Gasteiger partial charge in [0.15, 0.2) is 0 Å². The fourth-order valence-corrected chi connectivity index (χ4v) is 5.72. The number of hydrogen-bond acceptors (Lipinski definition) is 4. The molecule has 214 valence electrons. The van der Waals surface area contributed by atoms with E-state index in [0.717, 1.165) is 17.5 Å². The van der Waals surface area contributed by atoms with Crippen LogP contribution in [0.3, 0.4) is 0 Å². The maximum atomic E-state index is 13.8. The molecule has 0 unspecified atom stereocenters. The van der Waals surface area contributed by atoms with Crippen molar-refractivity contribution < 1.29 is 18.0 Å². The van der Waals surface area contributed by atoms with Crippen molar-refractivity contribution in [2.24, 2.45) is 0 Å². The Hall–Kier alpha value is -3.20. The minimum Gasteiger partial charge on any atom is -0.352 e. The third kappa shape index (κ3) is 8.65. The molecule has 0 bridgehead atoms. The zero-order chi connectivity index (χ0) is 29.1. The van der Waals surface area contributed by atoms with Crippen LogP contribution in [0, 0.1) is 0 Å². The van der Waals surface area contributed by atoms with Crippen LogP contribution in [0.1, 0.15) is 44.2 Å². The maximum Gasteiger partial charge on any atom is 0.243 e. The molecule has 40 heavy (non-hydrogen) atoms. The minimum atomic E-state index is -3.67. The van der Waals surface area contributed by atoms with E-state index in [-0.39, 0.29) is 42.3 Å². The van der Waals surface area contributed by atoms with Gasteiger partial charge in [-0.2, -0.15) is 0 Å². The molecule has 3 aromatic rings. The minimum absolute atomic E-state index is 0.0557. The smallest absolute Gasteiger partial charge is 0.243 e. The van der Waals surface area contributed by atoms with Gasteiger partial charge in [-0.05, 0) is 49.1 Å². The predicted octanol–water partition coefficient (Wildman–Crippen LogP) is 5.30. The highest BCUT2D eigenvalue weighted by atomic mass is 35.5. The van der Waals surface area contributed by atoms with Crippen LogP contribution in [-0.4, -0.2) is 55.1 Å². The van der Waals surface area contributed by atoms with Crippen LogP contribution in [0.2, 0.25) is 5.02 Å². The van der Waals surface area contributed by atoms with Gasteiger partial charge < -0.3 is 10.2 Å². The summed E-state index contributed by atoms with van der Waals surface area (Å²) in [5, 5.41) is 3.55. The van der Waals surface area contributed by atoms with E-state index in [1.165, 1.54) is 11.4 Å². The molecule has 2 amide bonds. The van der Waals surface area contributed by atoms with Crippen LogP contribution in [0.25, 0.3) is 0 Å². The quantitative estimate of drug-likeness (QED) is 0.279. The summed E-state index contributed by atoms with van der Waals surface area (Å²) in [4.78, 5) is 29.2. The SMILES string of the molecule is CC[C@H](C)NC(=O)[C@H](Cc1ccccc1)N(Cc1ccccc1Cl)C(=O)CCCN(C)S(=O)(=O)c1ccccc1. The summed E-state index contributed by atoms with van der Waals surface area (Å²) in [6, 6.07) is 24.2. The van der Waals surface area contributed by atoms with E-state index in [9.17, 15) is 18.0 Å². The van der Waals surface area contributed by atoms with E-state index in [2.05, 4.69) is 5.32 Å². The summed E-state index contributed by atoms with van der Waals surface area (Å²) < 4.78 is 27.1. The first-order chi connectivity index (χ1) is 19.1. The third-order valence-electron chi connectivity index (χ3n) is 6.89. The Morgan fingerprint density at radius 2 is 1.52 bits per heavy atom. The first kappa shape index (κ1) is 31.3. The molecule has 2 atom stereocenters. The summed E-state index contributed by atoms with van der Waals surface area (Å²) in [7, 11) is -2.17. The summed E-state index contributed by atoms with van der Waals surface area (Å²) >= 11 is 6.47. The number of benzene rings is 3. The van der Waals surface area contributed by atoms with Gasteiger partial charge in [-0.1, -0.05) is 85.3 Å². The Bertz CT molecular complexity index is 1350. The van der Waals surface area contributed by atoms with Crippen LogP contribution in [0.5, 0.6) is 0 Å². The summed E-state index contributed by atoms with van der Waals surface area (Å²) in [5.41, 5.74) is 1.66. The Morgan fingerprint density at radius 3 is 2.15 bits per heavy atom. The van der Waals surface area contributed by atoms with Crippen molar-refractivity contribution in [3.05, 3.63) is 101 Å². The van der Waals surface area contributed by atoms with Crippen molar-refractivity contribution in [2.45, 2.75) is 63.1 Å². The van der Waals surface area contributed by atoms with Crippen LogP contribution in [0.4, 0.5) is 0 Å². The van der Waals surface area contributed by atoms with Crippen molar-refractivity contribution in [1.29, 1.82) is 0 Å². The van der Waals surface area contributed by atoms with E-state index in [1.807, 2.05) is 62.4 Å². The highest BCUT2D eigenvalue weighted by Gasteiger charge is 2.31. The topological polar surface area (TPSA) is 86.8 Å². The normalized spacial score (nSPS) is 13.0. The molecular weight excluding hydrogens is 546 g/mol. The molecule has 9 heteroatoms. The van der Waals surface area contributed by atoms with Gasteiger partial charge in [0, 0.05) is 44.0 Å². The molecule has 0 fully saturated rings. The van der Waals surface area contributed by atoms with E-state index >= 15 is 0 Å². The molecule has 0 aromatic heterocycles. The number of rotatable bonds is 14. The van der Waals surface area contributed by atoms with E-state index in [0.29, 0.717) is 17.9 Å². The monoisotopic (exact) mass is 583 g/mol. The molecule has 0 aliphatic heterocycles. The largest absolute Gasteiger partial charge is 0.352 e. The molecule has 7 nitrogen and oxygen atoms in total. The molecule has 0 radical (unpaired) electrons. The van der Waals surface area contributed by atoms with Gasteiger partial charge in [-0.25, -0.2) is 12.7 Å². The molecule has 1 N–H and O–H groups in total. The average Bonchev–Trinajstić information content (AvgIpc) is 2.96.